The second-order valence-electron chi connectivity index (χ2n) is 4.22. The highest BCUT2D eigenvalue weighted by Crippen LogP contribution is 2.30. The molecule has 2 aromatic rings. The number of nitrogens with one attached hydrogen (secondary N) is 1. The van der Waals surface area contributed by atoms with E-state index in [9.17, 15) is 8.42 Å². The van der Waals surface area contributed by atoms with Gasteiger partial charge in [0.05, 0.1) is 16.4 Å². The Balaban J connectivity index is 2.49. The van der Waals surface area contributed by atoms with Gasteiger partial charge >= 0.3 is 0 Å². The molecule has 20 heavy (non-hydrogen) atoms. The Morgan fingerprint density at radius 3 is 2.50 bits per heavy atom. The molecule has 2 rings (SSSR count). The smallest absolute Gasteiger partial charge is 0.265 e. The van der Waals surface area contributed by atoms with E-state index in [1.807, 2.05) is 0 Å². The summed E-state index contributed by atoms with van der Waals surface area (Å²) in [5, 5.41) is 0.498. The number of anilines is 2. The number of halogens is 2. The summed E-state index contributed by atoms with van der Waals surface area (Å²) in [6.45, 7) is 1.77. The van der Waals surface area contributed by atoms with Crippen LogP contribution in [0.2, 0.25) is 10.0 Å². The number of nitrogens with two attached hydrogens (primary N) is 1. The molecule has 4 nitrogen and oxygen atoms in total. The number of rotatable bonds is 3. The molecule has 0 radical (unpaired) electrons. The summed E-state index contributed by atoms with van der Waals surface area (Å²) in [6.07, 6.45) is 0. The van der Waals surface area contributed by atoms with Gasteiger partial charge in [0.15, 0.2) is 0 Å². The third kappa shape index (κ3) is 3.00. The second kappa shape index (κ2) is 5.52. The second-order valence-corrected chi connectivity index (χ2v) is 6.69. The fourth-order valence-corrected chi connectivity index (χ4v) is 3.68. The maximum Gasteiger partial charge on any atom is 0.265 e. The topological polar surface area (TPSA) is 72.2 Å². The summed E-state index contributed by atoms with van der Waals surface area (Å²) in [5.74, 6) is 0. The van der Waals surface area contributed by atoms with E-state index >= 15 is 0 Å². The number of nitrogen functional groups attached to an aromatic ring is 1. The molecule has 7 heteroatoms. The van der Waals surface area contributed by atoms with Crippen molar-refractivity contribution in [1.82, 2.24) is 0 Å². The maximum atomic E-state index is 12.4. The molecule has 0 spiro atoms. The molecule has 106 valence electrons. The minimum atomic E-state index is -3.88. The van der Waals surface area contributed by atoms with E-state index in [-0.39, 0.29) is 15.6 Å². The van der Waals surface area contributed by atoms with Crippen LogP contribution in [-0.2, 0) is 10.0 Å². The van der Waals surface area contributed by atoms with Gasteiger partial charge in [0, 0.05) is 5.02 Å². The molecule has 2 aromatic carbocycles. The minimum Gasteiger partial charge on any atom is -0.398 e. The zero-order chi connectivity index (χ0) is 14.9. The first-order valence-corrected chi connectivity index (χ1v) is 7.88. The van der Waals surface area contributed by atoms with Crippen LogP contribution in [0.5, 0.6) is 0 Å². The van der Waals surface area contributed by atoms with Crippen LogP contribution in [-0.4, -0.2) is 8.42 Å². The normalized spacial score (nSPS) is 11.3. The third-order valence-corrected chi connectivity index (χ3v) is 4.85. The Kier molecular flexibility index (Phi) is 4.13. The standard InChI is InChI=1S/C13H12Cl2N2O2S/c1-8-5-6-9(14)7-12(8)17-20(18,19)13-10(15)3-2-4-11(13)16/h2-7,17H,16H2,1H3. The van der Waals surface area contributed by atoms with Crippen LogP contribution in [0, 0.1) is 6.92 Å². The Bertz CT molecular complexity index is 741. The maximum absolute atomic E-state index is 12.4. The van der Waals surface area contributed by atoms with Gasteiger partial charge in [-0.15, -0.1) is 0 Å². The first-order chi connectivity index (χ1) is 9.31. The van der Waals surface area contributed by atoms with Crippen LogP contribution in [0.4, 0.5) is 11.4 Å². The molecule has 0 saturated heterocycles. The van der Waals surface area contributed by atoms with Crippen LogP contribution < -0.4 is 10.5 Å². The van der Waals surface area contributed by atoms with E-state index in [0.29, 0.717) is 10.7 Å². The average Bonchev–Trinajstić information content (AvgIpc) is 2.33. The van der Waals surface area contributed by atoms with Gasteiger partial charge in [0.1, 0.15) is 4.90 Å². The van der Waals surface area contributed by atoms with Crippen LogP contribution in [0.3, 0.4) is 0 Å². The highest BCUT2D eigenvalue weighted by molar-refractivity contribution is 7.93. The molecule has 0 aliphatic carbocycles. The molecule has 0 unspecified atom stereocenters. The van der Waals surface area contributed by atoms with Crippen LogP contribution in [0.1, 0.15) is 5.56 Å². The number of benzene rings is 2. The average molecular weight is 331 g/mol. The van der Waals surface area contributed by atoms with E-state index in [2.05, 4.69) is 4.72 Å². The molecule has 0 aliphatic rings. The van der Waals surface area contributed by atoms with Gasteiger partial charge in [-0.25, -0.2) is 8.42 Å². The van der Waals surface area contributed by atoms with Crippen molar-refractivity contribution in [3.05, 3.63) is 52.0 Å². The van der Waals surface area contributed by atoms with Crippen molar-refractivity contribution in [3.8, 4) is 0 Å². The molecular weight excluding hydrogens is 319 g/mol. The molecule has 0 bridgehead atoms. The Morgan fingerprint density at radius 2 is 1.85 bits per heavy atom. The lowest BCUT2D eigenvalue weighted by atomic mass is 10.2. The van der Waals surface area contributed by atoms with E-state index in [4.69, 9.17) is 28.9 Å². The molecule has 0 aromatic heterocycles. The lowest BCUT2D eigenvalue weighted by Gasteiger charge is -2.13. The Morgan fingerprint density at radius 1 is 1.15 bits per heavy atom. The fourth-order valence-electron chi connectivity index (χ4n) is 1.71. The molecule has 0 atom stereocenters. The Hall–Kier alpha value is -1.43. The van der Waals surface area contributed by atoms with Crippen molar-refractivity contribution < 1.29 is 8.42 Å². The van der Waals surface area contributed by atoms with Gasteiger partial charge in [0.25, 0.3) is 10.0 Å². The van der Waals surface area contributed by atoms with Gasteiger partial charge in [-0.1, -0.05) is 35.3 Å². The van der Waals surface area contributed by atoms with Crippen molar-refractivity contribution in [2.24, 2.45) is 0 Å². The molecule has 0 amide bonds. The van der Waals surface area contributed by atoms with Crippen molar-refractivity contribution in [2.45, 2.75) is 11.8 Å². The van der Waals surface area contributed by atoms with Crippen LogP contribution in [0.25, 0.3) is 0 Å². The predicted molar refractivity (Wildman–Crippen MR) is 82.9 cm³/mol. The summed E-state index contributed by atoms with van der Waals surface area (Å²) in [5.41, 5.74) is 6.91. The zero-order valence-electron chi connectivity index (χ0n) is 10.5. The molecule has 3 N–H and O–H groups in total. The fraction of sp³-hybridized carbons (Fsp3) is 0.0769. The highest BCUT2D eigenvalue weighted by Gasteiger charge is 2.21. The zero-order valence-corrected chi connectivity index (χ0v) is 12.9. The summed E-state index contributed by atoms with van der Waals surface area (Å²) >= 11 is 11.8. The summed E-state index contributed by atoms with van der Waals surface area (Å²) in [7, 11) is -3.88. The van der Waals surface area contributed by atoms with Gasteiger partial charge in [-0.3, -0.25) is 4.72 Å². The van der Waals surface area contributed by atoms with Crippen LogP contribution in [0.15, 0.2) is 41.3 Å². The summed E-state index contributed by atoms with van der Waals surface area (Å²) in [6, 6.07) is 9.46. The van der Waals surface area contributed by atoms with Gasteiger partial charge < -0.3 is 5.73 Å². The van der Waals surface area contributed by atoms with Crippen molar-refractivity contribution in [3.63, 3.8) is 0 Å². The molecule has 0 fully saturated rings. The van der Waals surface area contributed by atoms with Crippen LogP contribution >= 0.6 is 23.2 Å². The lowest BCUT2D eigenvalue weighted by molar-refractivity contribution is 0.601. The van der Waals surface area contributed by atoms with Gasteiger partial charge in [-0.2, -0.15) is 0 Å². The van der Waals surface area contributed by atoms with E-state index in [0.717, 1.165) is 5.56 Å². The van der Waals surface area contributed by atoms with E-state index < -0.39 is 10.0 Å². The summed E-state index contributed by atoms with van der Waals surface area (Å²) in [4.78, 5) is -0.138. The van der Waals surface area contributed by atoms with Crippen molar-refractivity contribution >= 4 is 44.6 Å². The lowest BCUT2D eigenvalue weighted by Crippen LogP contribution is -2.16. The monoisotopic (exact) mass is 330 g/mol. The molecular formula is C13H12Cl2N2O2S. The number of hydrogen-bond acceptors (Lipinski definition) is 3. The first-order valence-electron chi connectivity index (χ1n) is 5.64. The predicted octanol–water partition coefficient (Wildman–Crippen LogP) is 3.68. The third-order valence-electron chi connectivity index (χ3n) is 2.71. The largest absolute Gasteiger partial charge is 0.398 e. The quantitative estimate of drug-likeness (QED) is 0.843. The first kappa shape index (κ1) is 15.0. The minimum absolute atomic E-state index is 0.0668. The SMILES string of the molecule is Cc1ccc(Cl)cc1NS(=O)(=O)c1c(N)cccc1Cl. The number of hydrogen-bond donors (Lipinski definition) is 2. The number of sulfonamides is 1. The van der Waals surface area contributed by atoms with E-state index in [1.165, 1.54) is 18.2 Å². The highest BCUT2D eigenvalue weighted by atomic mass is 35.5. The van der Waals surface area contributed by atoms with Crippen molar-refractivity contribution in [1.29, 1.82) is 0 Å². The Labute approximate surface area is 127 Å². The van der Waals surface area contributed by atoms with Gasteiger partial charge in [0.2, 0.25) is 0 Å². The van der Waals surface area contributed by atoms with Gasteiger partial charge in [-0.05, 0) is 36.8 Å². The summed E-state index contributed by atoms with van der Waals surface area (Å²) < 4.78 is 27.2. The number of aryl methyl sites for hydroxylation is 1. The molecule has 0 saturated carbocycles. The molecule has 0 aliphatic heterocycles. The molecule has 0 heterocycles. The van der Waals surface area contributed by atoms with Crippen molar-refractivity contribution in [2.75, 3.05) is 10.5 Å². The van der Waals surface area contributed by atoms with E-state index in [1.54, 1.807) is 25.1 Å².